The predicted molar refractivity (Wildman–Crippen MR) is 103 cm³/mol. The van der Waals surface area contributed by atoms with E-state index in [4.69, 9.17) is 4.42 Å². The first kappa shape index (κ1) is 14.7. The van der Waals surface area contributed by atoms with Gasteiger partial charge < -0.3 is 8.98 Å². The van der Waals surface area contributed by atoms with Gasteiger partial charge in [-0.25, -0.2) is 9.55 Å². The molecule has 6 rings (SSSR count). The molecule has 27 heavy (non-hydrogen) atoms. The van der Waals surface area contributed by atoms with E-state index in [1.165, 1.54) is 33.2 Å². The summed E-state index contributed by atoms with van der Waals surface area (Å²) in [6.45, 7) is 2.20. The molecule has 0 amide bonds. The molecule has 0 bridgehead atoms. The Morgan fingerprint density at radius 1 is 1.11 bits per heavy atom. The summed E-state index contributed by atoms with van der Waals surface area (Å²) in [7, 11) is 2.03. The molecule has 0 radical (unpaired) electrons. The lowest BCUT2D eigenvalue weighted by atomic mass is 9.90. The van der Waals surface area contributed by atoms with Gasteiger partial charge in [-0.05, 0) is 28.4 Å². The first-order valence-corrected chi connectivity index (χ1v) is 9.03. The molecule has 0 saturated carbocycles. The zero-order chi connectivity index (χ0) is 18.1. The van der Waals surface area contributed by atoms with Gasteiger partial charge in [-0.3, -0.25) is 0 Å². The number of hydrogen-bond donors (Lipinski definition) is 0. The number of rotatable bonds is 1. The Balaban J connectivity index is 1.84. The van der Waals surface area contributed by atoms with E-state index in [-0.39, 0.29) is 0 Å². The Kier molecular flexibility index (Phi) is 2.74. The number of imidazole rings is 1. The molecule has 0 atom stereocenters. The van der Waals surface area contributed by atoms with E-state index in [0.717, 1.165) is 29.0 Å². The van der Waals surface area contributed by atoms with Crippen LogP contribution in [0.15, 0.2) is 59.7 Å². The zero-order valence-electron chi connectivity index (χ0n) is 15.1. The van der Waals surface area contributed by atoms with Gasteiger partial charge in [-0.1, -0.05) is 24.3 Å². The SMILES string of the molecule is Cc1c(-c2c3occc3nc[n+]2C)c2c(c3ccccc13)-n1ccnc1C2. The van der Waals surface area contributed by atoms with Crippen molar-refractivity contribution >= 4 is 21.9 Å². The van der Waals surface area contributed by atoms with Gasteiger partial charge in [-0.15, -0.1) is 0 Å². The van der Waals surface area contributed by atoms with Crippen molar-refractivity contribution in [2.45, 2.75) is 13.3 Å². The fourth-order valence-corrected chi connectivity index (χ4v) is 4.49. The third kappa shape index (κ3) is 1.81. The number of benzene rings is 2. The second-order valence-electron chi connectivity index (χ2n) is 7.10. The quantitative estimate of drug-likeness (QED) is 0.422. The van der Waals surface area contributed by atoms with Crippen LogP contribution >= 0.6 is 0 Å². The molecule has 1 aliphatic heterocycles. The van der Waals surface area contributed by atoms with Gasteiger partial charge >= 0.3 is 0 Å². The van der Waals surface area contributed by atoms with Crippen molar-refractivity contribution in [3.63, 3.8) is 0 Å². The van der Waals surface area contributed by atoms with E-state index in [2.05, 4.69) is 56.5 Å². The maximum absolute atomic E-state index is 5.86. The Bertz CT molecular complexity index is 1380. The highest BCUT2D eigenvalue weighted by molar-refractivity contribution is 6.02. The van der Waals surface area contributed by atoms with Crippen molar-refractivity contribution < 1.29 is 8.98 Å². The van der Waals surface area contributed by atoms with Crippen molar-refractivity contribution in [1.29, 1.82) is 0 Å². The maximum Gasteiger partial charge on any atom is 0.287 e. The normalized spacial score (nSPS) is 12.7. The minimum absolute atomic E-state index is 0.813. The molecule has 130 valence electrons. The molecule has 0 unspecified atom stereocenters. The molecule has 0 spiro atoms. The summed E-state index contributed by atoms with van der Waals surface area (Å²) in [5.74, 6) is 1.08. The van der Waals surface area contributed by atoms with Gasteiger partial charge in [0.1, 0.15) is 5.82 Å². The summed E-state index contributed by atoms with van der Waals surface area (Å²) >= 11 is 0. The van der Waals surface area contributed by atoms with Gasteiger partial charge in [0.2, 0.25) is 11.1 Å². The standard InChI is InChI=1S/C22H17N4O/c1-13-14-5-3-4-6-15(14)20-16(11-18-23-8-9-26(18)20)19(13)21-22-17(7-10-27-22)24-12-25(21)2/h3-10,12H,11H2,1-2H3/q+1. The molecule has 5 aromatic rings. The molecule has 0 fully saturated rings. The second kappa shape index (κ2) is 5.04. The molecule has 4 heterocycles. The number of fused-ring (bicyclic) bond motifs is 6. The van der Waals surface area contributed by atoms with Crippen molar-refractivity contribution in [3.05, 3.63) is 72.3 Å². The Morgan fingerprint density at radius 3 is 2.85 bits per heavy atom. The van der Waals surface area contributed by atoms with Crippen LogP contribution in [0.4, 0.5) is 0 Å². The fraction of sp³-hybridized carbons (Fsp3) is 0.136. The first-order chi connectivity index (χ1) is 13.2. The summed E-state index contributed by atoms with van der Waals surface area (Å²) in [5.41, 5.74) is 7.78. The van der Waals surface area contributed by atoms with Crippen LogP contribution in [0.2, 0.25) is 0 Å². The fourth-order valence-electron chi connectivity index (χ4n) is 4.49. The molecule has 0 aliphatic carbocycles. The third-order valence-electron chi connectivity index (χ3n) is 5.66. The smallest absolute Gasteiger partial charge is 0.287 e. The Labute approximate surface area is 155 Å². The van der Waals surface area contributed by atoms with E-state index in [0.29, 0.717) is 0 Å². The minimum Gasteiger partial charge on any atom is -0.456 e. The molecule has 2 aromatic carbocycles. The average Bonchev–Trinajstić information content (AvgIpc) is 3.38. The topological polar surface area (TPSA) is 47.7 Å². The number of furan rings is 1. The van der Waals surface area contributed by atoms with Crippen molar-refractivity contribution in [1.82, 2.24) is 14.5 Å². The van der Waals surface area contributed by atoms with E-state index in [1.807, 2.05) is 25.6 Å². The van der Waals surface area contributed by atoms with E-state index >= 15 is 0 Å². The third-order valence-corrected chi connectivity index (χ3v) is 5.66. The Hall–Kier alpha value is -3.47. The molecular formula is C22H17N4O+. The van der Waals surface area contributed by atoms with Crippen molar-refractivity contribution in [2.24, 2.45) is 7.05 Å². The first-order valence-electron chi connectivity index (χ1n) is 9.03. The number of aromatic nitrogens is 4. The lowest BCUT2D eigenvalue weighted by molar-refractivity contribution is -0.662. The van der Waals surface area contributed by atoms with Crippen LogP contribution in [0.5, 0.6) is 0 Å². The van der Waals surface area contributed by atoms with Crippen LogP contribution < -0.4 is 4.57 Å². The monoisotopic (exact) mass is 353 g/mol. The molecule has 5 nitrogen and oxygen atoms in total. The van der Waals surface area contributed by atoms with Crippen LogP contribution in [-0.4, -0.2) is 14.5 Å². The molecule has 5 heteroatoms. The van der Waals surface area contributed by atoms with Gasteiger partial charge in [-0.2, -0.15) is 0 Å². The Morgan fingerprint density at radius 2 is 1.96 bits per heavy atom. The zero-order valence-corrected chi connectivity index (χ0v) is 15.1. The second-order valence-corrected chi connectivity index (χ2v) is 7.10. The highest BCUT2D eigenvalue weighted by Crippen LogP contribution is 2.43. The lowest BCUT2D eigenvalue weighted by Crippen LogP contribution is -2.32. The van der Waals surface area contributed by atoms with Crippen LogP contribution in [-0.2, 0) is 13.5 Å². The number of nitrogens with zero attached hydrogens (tertiary/aromatic N) is 4. The molecule has 0 N–H and O–H groups in total. The van der Waals surface area contributed by atoms with Crippen molar-refractivity contribution in [3.8, 4) is 16.9 Å². The maximum atomic E-state index is 5.86. The largest absolute Gasteiger partial charge is 0.456 e. The highest BCUT2D eigenvalue weighted by atomic mass is 16.3. The summed E-state index contributed by atoms with van der Waals surface area (Å²) in [6.07, 6.45) is 8.32. The van der Waals surface area contributed by atoms with Crippen LogP contribution in [0, 0.1) is 6.92 Å². The van der Waals surface area contributed by atoms with Crippen molar-refractivity contribution in [2.75, 3.05) is 0 Å². The summed E-state index contributed by atoms with van der Waals surface area (Å²) < 4.78 is 10.1. The summed E-state index contributed by atoms with van der Waals surface area (Å²) in [6, 6.07) is 10.5. The van der Waals surface area contributed by atoms with E-state index in [1.54, 1.807) is 6.26 Å². The summed E-state index contributed by atoms with van der Waals surface area (Å²) in [4.78, 5) is 9.07. The molecule has 0 saturated heterocycles. The van der Waals surface area contributed by atoms with Crippen LogP contribution in [0.1, 0.15) is 17.0 Å². The molecular weight excluding hydrogens is 336 g/mol. The number of hydrogen-bond acceptors (Lipinski definition) is 3. The average molecular weight is 353 g/mol. The van der Waals surface area contributed by atoms with Gasteiger partial charge in [0.25, 0.3) is 6.33 Å². The van der Waals surface area contributed by atoms with E-state index < -0.39 is 0 Å². The van der Waals surface area contributed by atoms with Crippen LogP contribution in [0.25, 0.3) is 38.8 Å². The number of aryl methyl sites for hydroxylation is 2. The summed E-state index contributed by atoms with van der Waals surface area (Å²) in [5, 5.41) is 2.52. The van der Waals surface area contributed by atoms with E-state index in [9.17, 15) is 0 Å². The molecule has 3 aromatic heterocycles. The highest BCUT2D eigenvalue weighted by Gasteiger charge is 2.31. The predicted octanol–water partition coefficient (Wildman–Crippen LogP) is 3.87. The lowest BCUT2D eigenvalue weighted by Gasteiger charge is -2.16. The van der Waals surface area contributed by atoms with Gasteiger partial charge in [0.15, 0.2) is 5.69 Å². The van der Waals surface area contributed by atoms with Gasteiger partial charge in [0, 0.05) is 35.8 Å². The van der Waals surface area contributed by atoms with Gasteiger partial charge in [0.05, 0.1) is 19.0 Å². The van der Waals surface area contributed by atoms with Crippen LogP contribution in [0.3, 0.4) is 0 Å². The molecule has 1 aliphatic rings. The minimum atomic E-state index is 0.813.